The van der Waals surface area contributed by atoms with Crippen molar-refractivity contribution >= 4 is 40.3 Å². The molecule has 2 saturated heterocycles. The van der Waals surface area contributed by atoms with Crippen LogP contribution in [0.25, 0.3) is 10.8 Å². The number of rotatable bonds is 12. The number of likely N-dealkylation sites (tertiary alicyclic amines) is 1. The minimum Gasteiger partial charge on any atom is -0.480 e. The van der Waals surface area contributed by atoms with Gasteiger partial charge in [-0.15, -0.1) is 0 Å². The number of alkyl halides is 3. The Kier molecular flexibility index (Phi) is 12.4. The molecule has 2 amide bonds. The second kappa shape index (κ2) is 16.5. The van der Waals surface area contributed by atoms with Crippen LogP contribution in [0.3, 0.4) is 0 Å². The van der Waals surface area contributed by atoms with Gasteiger partial charge in [0, 0.05) is 50.5 Å². The van der Waals surface area contributed by atoms with Gasteiger partial charge >= 0.3 is 18.1 Å². The molecule has 0 spiro atoms. The molecule has 5 rings (SSSR count). The van der Waals surface area contributed by atoms with Gasteiger partial charge < -0.3 is 20.1 Å². The van der Waals surface area contributed by atoms with Crippen molar-refractivity contribution in [2.45, 2.75) is 57.4 Å². The third-order valence-electron chi connectivity index (χ3n) is 8.23. The fourth-order valence-corrected chi connectivity index (χ4v) is 5.76. The van der Waals surface area contributed by atoms with Crippen LogP contribution in [0.1, 0.15) is 37.4 Å². The summed E-state index contributed by atoms with van der Waals surface area (Å²) in [5.74, 6) is -4.32. The number of amides is 2. The number of carboxylic acids is 2. The summed E-state index contributed by atoms with van der Waals surface area (Å²) >= 11 is 0. The zero-order chi connectivity index (χ0) is 35.7. The second-order valence-corrected chi connectivity index (χ2v) is 11.8. The number of fused-ring (bicyclic) bond motifs is 1. The Bertz CT molecular complexity index is 1630. The van der Waals surface area contributed by atoms with Gasteiger partial charge in [0.1, 0.15) is 11.8 Å². The van der Waals surface area contributed by atoms with E-state index >= 15 is 0 Å². The topological polar surface area (TPSA) is 179 Å². The summed E-state index contributed by atoms with van der Waals surface area (Å²) in [6.45, 7) is 3.38. The van der Waals surface area contributed by atoms with E-state index in [0.29, 0.717) is 32.6 Å². The van der Waals surface area contributed by atoms with Crippen molar-refractivity contribution in [2.75, 3.05) is 32.7 Å². The number of nitrogens with zero attached hydrogens (tertiary/aromatic N) is 5. The van der Waals surface area contributed by atoms with Crippen LogP contribution in [0.2, 0.25) is 0 Å². The van der Waals surface area contributed by atoms with Gasteiger partial charge in [0.25, 0.3) is 5.91 Å². The number of ketones is 1. The lowest BCUT2D eigenvalue weighted by Crippen LogP contribution is -2.59. The van der Waals surface area contributed by atoms with E-state index < -0.39 is 30.1 Å². The molecule has 3 heterocycles. The van der Waals surface area contributed by atoms with Crippen molar-refractivity contribution in [3.05, 3.63) is 66.2 Å². The van der Waals surface area contributed by atoms with Crippen LogP contribution in [0.15, 0.2) is 55.0 Å². The lowest BCUT2D eigenvalue weighted by atomic mass is 10.0. The molecule has 4 N–H and O–H groups in total. The van der Waals surface area contributed by atoms with Crippen LogP contribution < -0.4 is 5.53 Å². The maximum atomic E-state index is 13.8. The van der Waals surface area contributed by atoms with E-state index in [4.69, 9.17) is 9.90 Å². The molecular formula is C32H38F3N7O7. The minimum atomic E-state index is -5.08. The Morgan fingerprint density at radius 3 is 2.45 bits per heavy atom. The van der Waals surface area contributed by atoms with Crippen LogP contribution in [-0.4, -0.2) is 121 Å². The number of carboxylic acid groups (broad SMARTS) is 2. The molecule has 2 aromatic carbocycles. The number of hydrogen-bond acceptors (Lipinski definition) is 9. The number of carbonyl (C=O) groups excluding carboxylic acids is 3. The van der Waals surface area contributed by atoms with Gasteiger partial charge in [-0.1, -0.05) is 42.5 Å². The van der Waals surface area contributed by atoms with Crippen molar-refractivity contribution in [1.82, 2.24) is 35.3 Å². The van der Waals surface area contributed by atoms with Crippen molar-refractivity contribution in [1.29, 1.82) is 0 Å². The van der Waals surface area contributed by atoms with Crippen molar-refractivity contribution in [3.63, 3.8) is 0 Å². The first-order valence-corrected chi connectivity index (χ1v) is 15.6. The predicted octanol–water partition coefficient (Wildman–Crippen LogP) is 2.23. The highest BCUT2D eigenvalue weighted by Gasteiger charge is 2.38. The third-order valence-corrected chi connectivity index (χ3v) is 8.23. The monoisotopic (exact) mass is 689 g/mol. The maximum absolute atomic E-state index is 13.8. The van der Waals surface area contributed by atoms with E-state index in [2.05, 4.69) is 15.5 Å². The molecule has 1 aromatic heterocycles. The number of hydrogen-bond donors (Lipinski definition) is 4. The molecular weight excluding hydrogens is 651 g/mol. The molecule has 0 saturated carbocycles. The number of aromatic nitrogens is 2. The summed E-state index contributed by atoms with van der Waals surface area (Å²) in [5.41, 5.74) is 4.67. The van der Waals surface area contributed by atoms with Crippen molar-refractivity contribution in [3.8, 4) is 0 Å². The summed E-state index contributed by atoms with van der Waals surface area (Å²) in [7, 11) is 0. The highest BCUT2D eigenvalue weighted by Crippen LogP contribution is 2.24. The Balaban J connectivity index is 0.000000698. The lowest BCUT2D eigenvalue weighted by molar-refractivity contribution is -0.192. The van der Waals surface area contributed by atoms with E-state index in [-0.39, 0.29) is 37.2 Å². The number of H-pyrrole nitrogens is 1. The van der Waals surface area contributed by atoms with Crippen LogP contribution >= 0.6 is 0 Å². The van der Waals surface area contributed by atoms with Crippen molar-refractivity contribution in [2.24, 2.45) is 0 Å². The first kappa shape index (κ1) is 37.0. The summed E-state index contributed by atoms with van der Waals surface area (Å²) in [6, 6.07) is 12.8. The SMILES string of the molecule is C[C@@H](C(=O)O)N(NN1CCC(=O)C1)C(=O)CN(Cc1cccc2ccccc12)CC1CCCN1C(=O)Cc1cnc[nH]1.O=C(O)C(F)(F)F. The Hall–Kier alpha value is -4.87. The molecule has 49 heavy (non-hydrogen) atoms. The zero-order valence-corrected chi connectivity index (χ0v) is 26.7. The first-order valence-electron chi connectivity index (χ1n) is 15.6. The average molecular weight is 690 g/mol. The van der Waals surface area contributed by atoms with Gasteiger partial charge in [-0.2, -0.15) is 18.7 Å². The molecule has 2 atom stereocenters. The molecule has 0 bridgehead atoms. The molecule has 0 radical (unpaired) electrons. The summed E-state index contributed by atoms with van der Waals surface area (Å²) in [4.78, 5) is 70.6. The van der Waals surface area contributed by atoms with Gasteiger partial charge in [0.15, 0.2) is 0 Å². The van der Waals surface area contributed by atoms with E-state index in [0.717, 1.165) is 39.9 Å². The van der Waals surface area contributed by atoms with Gasteiger partial charge in [-0.25, -0.2) is 24.6 Å². The van der Waals surface area contributed by atoms with E-state index in [1.807, 2.05) is 52.3 Å². The van der Waals surface area contributed by atoms with Crippen molar-refractivity contribution < 1.29 is 47.4 Å². The maximum Gasteiger partial charge on any atom is 0.490 e. The molecule has 3 aromatic rings. The number of halogens is 3. The van der Waals surface area contributed by atoms with Gasteiger partial charge in [-0.3, -0.25) is 19.3 Å². The molecule has 2 fully saturated rings. The van der Waals surface area contributed by atoms with Crippen LogP contribution in [0.5, 0.6) is 0 Å². The Labute approximate surface area is 279 Å². The normalized spacial score (nSPS) is 17.2. The predicted molar refractivity (Wildman–Crippen MR) is 168 cm³/mol. The molecule has 2 aliphatic rings. The van der Waals surface area contributed by atoms with Gasteiger partial charge in [0.05, 0.1) is 25.8 Å². The summed E-state index contributed by atoms with van der Waals surface area (Å²) in [6.07, 6.45) is 0.348. The quantitative estimate of drug-likeness (QED) is 0.205. The lowest BCUT2D eigenvalue weighted by Gasteiger charge is -2.35. The molecule has 0 aliphatic carbocycles. The van der Waals surface area contributed by atoms with E-state index in [1.54, 1.807) is 17.5 Å². The molecule has 14 nitrogen and oxygen atoms in total. The second-order valence-electron chi connectivity index (χ2n) is 11.8. The largest absolute Gasteiger partial charge is 0.490 e. The fourth-order valence-electron chi connectivity index (χ4n) is 5.76. The fraction of sp³-hybridized carbons (Fsp3) is 0.438. The number of aliphatic carboxylic acids is 2. The average Bonchev–Trinajstić information content (AvgIpc) is 3.82. The molecule has 17 heteroatoms. The van der Waals surface area contributed by atoms with Crippen LogP contribution in [0, 0.1) is 0 Å². The first-order chi connectivity index (χ1) is 23.2. The summed E-state index contributed by atoms with van der Waals surface area (Å²) < 4.78 is 31.7. The number of benzene rings is 2. The number of Topliss-reactive ketones (excluding diaryl/α,β-unsaturated/α-hetero) is 1. The van der Waals surface area contributed by atoms with Crippen LogP contribution in [0.4, 0.5) is 13.2 Å². The van der Waals surface area contributed by atoms with Gasteiger partial charge in [-0.05, 0) is 36.1 Å². The number of carbonyl (C=O) groups is 5. The molecule has 264 valence electrons. The minimum absolute atomic E-state index is 0.000296. The number of hydrazine groups is 2. The molecule has 2 aliphatic heterocycles. The highest BCUT2D eigenvalue weighted by molar-refractivity contribution is 5.86. The Morgan fingerprint density at radius 2 is 1.82 bits per heavy atom. The van der Waals surface area contributed by atoms with Gasteiger partial charge in [0.2, 0.25) is 5.91 Å². The standard InChI is InChI=1S/C30H37N7O5.C2HF3O2/c1-21(30(41)42)37(33-35-13-11-26(38)18-35)29(40)19-34(16-23-8-4-7-22-6-2-3-10-27(22)23)17-25-9-5-12-36(25)28(39)14-24-15-31-20-32-24;3-2(4,5)1(6)7/h2-4,6-8,10,15,20-21,25,33H,5,9,11-14,16-19H2,1H3,(H,31,32)(H,41,42);(H,6,7)/t21-,25?;/m0./s1. The number of nitrogens with one attached hydrogen (secondary N) is 2. The zero-order valence-electron chi connectivity index (χ0n) is 26.7. The summed E-state index contributed by atoms with van der Waals surface area (Å²) in [5, 5.41) is 21.7. The third kappa shape index (κ3) is 10.3. The number of aromatic amines is 1. The number of imidazole rings is 1. The molecule has 1 unspecified atom stereocenters. The highest BCUT2D eigenvalue weighted by atomic mass is 19.4. The van der Waals surface area contributed by atoms with Crippen LogP contribution in [-0.2, 0) is 36.9 Å². The van der Waals surface area contributed by atoms with E-state index in [1.165, 1.54) is 6.92 Å². The van der Waals surface area contributed by atoms with E-state index in [9.17, 15) is 37.5 Å². The Morgan fingerprint density at radius 1 is 1.10 bits per heavy atom. The smallest absolute Gasteiger partial charge is 0.480 e.